The zero-order valence-corrected chi connectivity index (χ0v) is 8.86. The van der Waals surface area contributed by atoms with Crippen LogP contribution in [-0.2, 0) is 0 Å². The molecule has 0 saturated carbocycles. The molecule has 1 N–H and O–H groups in total. The Hall–Kier alpha value is -1.58. The third kappa shape index (κ3) is 2.68. The van der Waals surface area contributed by atoms with Gasteiger partial charge in [-0.3, -0.25) is 0 Å². The maximum Gasteiger partial charge on any atom is 0.216 e. The fourth-order valence-electron chi connectivity index (χ4n) is 1.61. The summed E-state index contributed by atoms with van der Waals surface area (Å²) < 4.78 is 5.59. The van der Waals surface area contributed by atoms with Gasteiger partial charge in [-0.1, -0.05) is 6.58 Å². The molecule has 0 aliphatic carbocycles. The lowest BCUT2D eigenvalue weighted by atomic mass is 10.1. The van der Waals surface area contributed by atoms with E-state index in [1.54, 1.807) is 0 Å². The van der Waals surface area contributed by atoms with Crippen molar-refractivity contribution in [2.24, 2.45) is 5.92 Å². The second-order valence-corrected chi connectivity index (χ2v) is 3.86. The summed E-state index contributed by atoms with van der Waals surface area (Å²) in [6, 6.07) is 1.84. The Bertz CT molecular complexity index is 365. The molecule has 0 aromatic carbocycles. The second kappa shape index (κ2) is 4.29. The van der Waals surface area contributed by atoms with E-state index in [0.29, 0.717) is 18.4 Å². The molecule has 0 amide bonds. The molecule has 0 bridgehead atoms. The zero-order chi connectivity index (χ0) is 10.7. The number of nitrogens with zero attached hydrogens (tertiary/aromatic N) is 2. The fraction of sp³-hybridized carbons (Fsp3) is 0.455. The van der Waals surface area contributed by atoms with E-state index in [9.17, 15) is 0 Å². The number of hydrogen-bond acceptors (Lipinski definition) is 4. The van der Waals surface area contributed by atoms with Crippen molar-refractivity contribution in [3.8, 4) is 5.88 Å². The minimum Gasteiger partial charge on any atom is -0.477 e. The summed E-state index contributed by atoms with van der Waals surface area (Å²) in [5, 5.41) is 3.21. The first kappa shape index (κ1) is 9.96. The van der Waals surface area contributed by atoms with Crippen LogP contribution in [0.2, 0.25) is 0 Å². The van der Waals surface area contributed by atoms with Gasteiger partial charge in [-0.25, -0.2) is 9.97 Å². The highest BCUT2D eigenvalue weighted by molar-refractivity contribution is 5.12. The minimum absolute atomic E-state index is 0.507. The Morgan fingerprint density at radius 1 is 1.60 bits per heavy atom. The van der Waals surface area contributed by atoms with Gasteiger partial charge < -0.3 is 10.1 Å². The average Bonchev–Trinajstić information content (AvgIpc) is 2.62. The van der Waals surface area contributed by atoms with Crippen molar-refractivity contribution >= 4 is 0 Å². The molecule has 0 radical (unpaired) electrons. The van der Waals surface area contributed by atoms with Gasteiger partial charge in [0.2, 0.25) is 5.88 Å². The van der Waals surface area contributed by atoms with E-state index in [2.05, 4.69) is 21.9 Å². The minimum atomic E-state index is 0.507. The van der Waals surface area contributed by atoms with Gasteiger partial charge >= 0.3 is 0 Å². The largest absolute Gasteiger partial charge is 0.477 e. The molecular formula is C11H15N3O. The molecular weight excluding hydrogens is 190 g/mol. The van der Waals surface area contributed by atoms with E-state index in [0.717, 1.165) is 24.4 Å². The normalized spacial score (nSPS) is 20.1. The molecule has 15 heavy (non-hydrogen) atoms. The average molecular weight is 205 g/mol. The Kier molecular flexibility index (Phi) is 2.85. The third-order valence-electron chi connectivity index (χ3n) is 2.42. The Morgan fingerprint density at radius 3 is 3.13 bits per heavy atom. The lowest BCUT2D eigenvalue weighted by Crippen LogP contribution is -2.15. The van der Waals surface area contributed by atoms with E-state index in [1.165, 1.54) is 6.33 Å². The van der Waals surface area contributed by atoms with E-state index >= 15 is 0 Å². The summed E-state index contributed by atoms with van der Waals surface area (Å²) >= 11 is 0. The van der Waals surface area contributed by atoms with Crippen molar-refractivity contribution in [2.45, 2.75) is 13.3 Å². The Morgan fingerprint density at radius 2 is 2.47 bits per heavy atom. The van der Waals surface area contributed by atoms with Crippen LogP contribution in [0.4, 0.5) is 0 Å². The van der Waals surface area contributed by atoms with E-state index in [4.69, 9.17) is 4.74 Å². The molecule has 1 atom stereocenters. The van der Waals surface area contributed by atoms with E-state index in [1.807, 2.05) is 13.0 Å². The summed E-state index contributed by atoms with van der Waals surface area (Å²) in [6.07, 6.45) is 2.51. The summed E-state index contributed by atoms with van der Waals surface area (Å²) in [5.41, 5.74) is 2.02. The van der Waals surface area contributed by atoms with Crippen LogP contribution in [0.5, 0.6) is 5.88 Å². The second-order valence-electron chi connectivity index (χ2n) is 3.86. The molecule has 1 aliphatic heterocycles. The molecule has 1 aromatic heterocycles. The topological polar surface area (TPSA) is 47.0 Å². The predicted molar refractivity (Wildman–Crippen MR) is 57.5 cm³/mol. The standard InChI is InChI=1S/C11H15N3O/c1-8-3-10(5-12-8)6-15-11-4-9(2)13-7-14-11/h4,7,10,12H,1,3,5-6H2,2H3. The van der Waals surface area contributed by atoms with E-state index in [-0.39, 0.29) is 0 Å². The summed E-state index contributed by atoms with van der Waals surface area (Å²) in [4.78, 5) is 8.06. The number of aryl methyl sites for hydroxylation is 1. The summed E-state index contributed by atoms with van der Waals surface area (Å²) in [5.74, 6) is 1.16. The fourth-order valence-corrected chi connectivity index (χ4v) is 1.61. The highest BCUT2D eigenvalue weighted by Gasteiger charge is 2.17. The van der Waals surface area contributed by atoms with Crippen molar-refractivity contribution in [1.29, 1.82) is 0 Å². The number of nitrogens with one attached hydrogen (secondary N) is 1. The molecule has 2 heterocycles. The highest BCUT2D eigenvalue weighted by Crippen LogP contribution is 2.16. The quantitative estimate of drug-likeness (QED) is 0.807. The molecule has 1 saturated heterocycles. The summed E-state index contributed by atoms with van der Waals surface area (Å²) in [7, 11) is 0. The van der Waals surface area contributed by atoms with Crippen LogP contribution in [-0.4, -0.2) is 23.1 Å². The molecule has 1 fully saturated rings. The number of rotatable bonds is 3. The van der Waals surface area contributed by atoms with Crippen molar-refractivity contribution in [3.05, 3.63) is 30.4 Å². The van der Waals surface area contributed by atoms with Gasteiger partial charge in [0, 0.05) is 29.9 Å². The van der Waals surface area contributed by atoms with Crippen LogP contribution in [0.15, 0.2) is 24.7 Å². The molecule has 80 valence electrons. The zero-order valence-electron chi connectivity index (χ0n) is 8.86. The van der Waals surface area contributed by atoms with Gasteiger partial charge in [0.25, 0.3) is 0 Å². The Balaban J connectivity index is 1.85. The van der Waals surface area contributed by atoms with Crippen LogP contribution < -0.4 is 10.1 Å². The number of allylic oxidation sites excluding steroid dienone is 1. The van der Waals surface area contributed by atoms with Crippen molar-refractivity contribution < 1.29 is 4.74 Å². The molecule has 1 aliphatic rings. The monoisotopic (exact) mass is 205 g/mol. The van der Waals surface area contributed by atoms with Gasteiger partial charge in [-0.2, -0.15) is 0 Å². The lowest BCUT2D eigenvalue weighted by molar-refractivity contribution is 0.251. The third-order valence-corrected chi connectivity index (χ3v) is 2.42. The van der Waals surface area contributed by atoms with Crippen molar-refractivity contribution in [3.63, 3.8) is 0 Å². The maximum absolute atomic E-state index is 5.59. The van der Waals surface area contributed by atoms with Crippen LogP contribution in [0, 0.1) is 12.8 Å². The first-order valence-electron chi connectivity index (χ1n) is 5.07. The van der Waals surface area contributed by atoms with Crippen molar-refractivity contribution in [2.75, 3.05) is 13.2 Å². The lowest BCUT2D eigenvalue weighted by Gasteiger charge is -2.09. The van der Waals surface area contributed by atoms with Crippen molar-refractivity contribution in [1.82, 2.24) is 15.3 Å². The number of hydrogen-bond donors (Lipinski definition) is 1. The molecule has 0 spiro atoms. The smallest absolute Gasteiger partial charge is 0.216 e. The number of ether oxygens (including phenoxy) is 1. The molecule has 2 rings (SSSR count). The maximum atomic E-state index is 5.59. The first-order valence-corrected chi connectivity index (χ1v) is 5.07. The molecule has 1 aromatic rings. The predicted octanol–water partition coefficient (Wildman–Crippen LogP) is 1.29. The van der Waals surface area contributed by atoms with Gasteiger partial charge in [0.05, 0.1) is 6.61 Å². The Labute approximate surface area is 89.4 Å². The molecule has 4 nitrogen and oxygen atoms in total. The number of aromatic nitrogens is 2. The van der Waals surface area contributed by atoms with Crippen LogP contribution in [0.25, 0.3) is 0 Å². The summed E-state index contributed by atoms with van der Waals surface area (Å²) in [6.45, 7) is 7.44. The first-order chi connectivity index (χ1) is 7.24. The highest BCUT2D eigenvalue weighted by atomic mass is 16.5. The van der Waals surface area contributed by atoms with Crippen LogP contribution in [0.3, 0.4) is 0 Å². The van der Waals surface area contributed by atoms with Gasteiger partial charge in [-0.05, 0) is 13.3 Å². The SMILES string of the molecule is C=C1CC(COc2cc(C)ncn2)CN1. The van der Waals surface area contributed by atoms with E-state index < -0.39 is 0 Å². The van der Waals surface area contributed by atoms with Gasteiger partial charge in [0.15, 0.2) is 0 Å². The van der Waals surface area contributed by atoms with Crippen LogP contribution >= 0.6 is 0 Å². The molecule has 1 unspecified atom stereocenters. The molecule has 4 heteroatoms. The van der Waals surface area contributed by atoms with Gasteiger partial charge in [-0.15, -0.1) is 0 Å². The van der Waals surface area contributed by atoms with Gasteiger partial charge in [0.1, 0.15) is 6.33 Å². The van der Waals surface area contributed by atoms with Crippen LogP contribution in [0.1, 0.15) is 12.1 Å².